The molecule has 0 saturated carbocycles. The van der Waals surface area contributed by atoms with Crippen molar-refractivity contribution in [3.63, 3.8) is 0 Å². The second kappa shape index (κ2) is 8.36. The summed E-state index contributed by atoms with van der Waals surface area (Å²) in [5.74, 6) is 0. The molecular formula is C15H25N3O2S. The highest BCUT2D eigenvalue weighted by molar-refractivity contribution is 7.08. The molecule has 0 bridgehead atoms. The van der Waals surface area contributed by atoms with Crippen LogP contribution in [-0.4, -0.2) is 49.3 Å². The van der Waals surface area contributed by atoms with Gasteiger partial charge in [-0.05, 0) is 38.1 Å². The Hall–Kier alpha value is -1.11. The number of likely N-dealkylation sites (tertiary alicyclic amines) is 1. The molecule has 1 aromatic rings. The van der Waals surface area contributed by atoms with Crippen LogP contribution in [0.4, 0.5) is 10.5 Å². The van der Waals surface area contributed by atoms with Gasteiger partial charge < -0.3 is 20.3 Å². The van der Waals surface area contributed by atoms with Crippen LogP contribution < -0.4 is 10.6 Å². The SMILES string of the molecule is CC(C)OCCN1CCC(NC(=O)Nc2ccsc2)CC1. The Kier molecular flexibility index (Phi) is 6.48. The number of piperidine rings is 1. The number of carbonyl (C=O) groups excluding carboxylic acids is 1. The van der Waals surface area contributed by atoms with Gasteiger partial charge in [0.15, 0.2) is 0 Å². The molecule has 21 heavy (non-hydrogen) atoms. The molecule has 2 heterocycles. The third-order valence-corrected chi connectivity index (χ3v) is 4.24. The van der Waals surface area contributed by atoms with E-state index in [4.69, 9.17) is 4.74 Å². The Balaban J connectivity index is 1.61. The van der Waals surface area contributed by atoms with Crippen molar-refractivity contribution < 1.29 is 9.53 Å². The molecule has 2 amide bonds. The van der Waals surface area contributed by atoms with Crippen LogP contribution in [0.25, 0.3) is 0 Å². The van der Waals surface area contributed by atoms with E-state index in [2.05, 4.69) is 29.4 Å². The number of carbonyl (C=O) groups is 1. The molecule has 0 aliphatic carbocycles. The summed E-state index contributed by atoms with van der Waals surface area (Å²) in [7, 11) is 0. The Labute approximate surface area is 130 Å². The molecule has 1 aromatic heterocycles. The summed E-state index contributed by atoms with van der Waals surface area (Å²) in [5.41, 5.74) is 0.862. The van der Waals surface area contributed by atoms with Crippen molar-refractivity contribution >= 4 is 23.1 Å². The minimum atomic E-state index is -0.102. The molecule has 0 unspecified atom stereocenters. The normalized spacial score (nSPS) is 17.1. The lowest BCUT2D eigenvalue weighted by Crippen LogP contribution is -2.46. The van der Waals surface area contributed by atoms with E-state index in [9.17, 15) is 4.79 Å². The van der Waals surface area contributed by atoms with Crippen molar-refractivity contribution in [3.05, 3.63) is 16.8 Å². The largest absolute Gasteiger partial charge is 0.377 e. The predicted molar refractivity (Wildman–Crippen MR) is 87.0 cm³/mol. The Morgan fingerprint density at radius 2 is 2.24 bits per heavy atom. The molecule has 1 aliphatic heterocycles. The zero-order chi connectivity index (χ0) is 15.1. The van der Waals surface area contributed by atoms with Gasteiger partial charge in [-0.15, -0.1) is 0 Å². The summed E-state index contributed by atoms with van der Waals surface area (Å²) in [6, 6.07) is 2.07. The smallest absolute Gasteiger partial charge is 0.319 e. The fourth-order valence-corrected chi connectivity index (χ4v) is 2.99. The molecule has 1 fully saturated rings. The van der Waals surface area contributed by atoms with E-state index in [1.54, 1.807) is 11.3 Å². The van der Waals surface area contributed by atoms with E-state index < -0.39 is 0 Å². The van der Waals surface area contributed by atoms with Gasteiger partial charge in [0.2, 0.25) is 0 Å². The third-order valence-electron chi connectivity index (χ3n) is 3.56. The predicted octanol–water partition coefficient (Wildman–Crippen LogP) is 2.76. The second-order valence-corrected chi connectivity index (χ2v) is 6.43. The zero-order valence-corrected chi connectivity index (χ0v) is 13.6. The molecule has 5 nitrogen and oxygen atoms in total. The van der Waals surface area contributed by atoms with Gasteiger partial charge in [0.1, 0.15) is 0 Å². The van der Waals surface area contributed by atoms with Crippen LogP contribution in [-0.2, 0) is 4.74 Å². The number of rotatable bonds is 6. The van der Waals surface area contributed by atoms with Crippen LogP contribution in [0.5, 0.6) is 0 Å². The zero-order valence-electron chi connectivity index (χ0n) is 12.8. The monoisotopic (exact) mass is 311 g/mol. The molecule has 1 aliphatic rings. The van der Waals surface area contributed by atoms with E-state index in [1.807, 2.05) is 16.8 Å². The summed E-state index contributed by atoms with van der Waals surface area (Å²) in [4.78, 5) is 14.3. The van der Waals surface area contributed by atoms with Crippen LogP contribution in [0.2, 0.25) is 0 Å². The Bertz CT molecular complexity index is 415. The maximum absolute atomic E-state index is 11.9. The lowest BCUT2D eigenvalue weighted by molar-refractivity contribution is 0.0530. The average molecular weight is 311 g/mol. The van der Waals surface area contributed by atoms with Crippen molar-refractivity contribution in [1.82, 2.24) is 10.2 Å². The first-order valence-corrected chi connectivity index (χ1v) is 8.51. The molecule has 0 spiro atoms. The summed E-state index contributed by atoms with van der Waals surface area (Å²) >= 11 is 1.58. The highest BCUT2D eigenvalue weighted by Gasteiger charge is 2.20. The topological polar surface area (TPSA) is 53.6 Å². The highest BCUT2D eigenvalue weighted by atomic mass is 32.1. The molecule has 0 radical (unpaired) electrons. The molecule has 6 heteroatoms. The van der Waals surface area contributed by atoms with E-state index in [0.29, 0.717) is 6.10 Å². The maximum Gasteiger partial charge on any atom is 0.319 e. The van der Waals surface area contributed by atoms with Gasteiger partial charge in [-0.25, -0.2) is 4.79 Å². The van der Waals surface area contributed by atoms with Crippen LogP contribution in [0.15, 0.2) is 16.8 Å². The van der Waals surface area contributed by atoms with Crippen LogP contribution in [0.1, 0.15) is 26.7 Å². The first kappa shape index (κ1) is 16.3. The summed E-state index contributed by atoms with van der Waals surface area (Å²) in [5, 5.41) is 9.78. The average Bonchev–Trinajstić information content (AvgIpc) is 2.93. The van der Waals surface area contributed by atoms with Gasteiger partial charge >= 0.3 is 6.03 Å². The van der Waals surface area contributed by atoms with Gasteiger partial charge in [-0.1, -0.05) is 0 Å². The second-order valence-electron chi connectivity index (χ2n) is 5.65. The summed E-state index contributed by atoms with van der Waals surface area (Å²) < 4.78 is 5.57. The van der Waals surface area contributed by atoms with E-state index in [1.165, 1.54) is 0 Å². The van der Waals surface area contributed by atoms with Crippen molar-refractivity contribution in [3.8, 4) is 0 Å². The van der Waals surface area contributed by atoms with Crippen molar-refractivity contribution in [2.24, 2.45) is 0 Å². The number of hydrogen-bond acceptors (Lipinski definition) is 4. The number of hydrogen-bond donors (Lipinski definition) is 2. The lowest BCUT2D eigenvalue weighted by Gasteiger charge is -2.32. The van der Waals surface area contributed by atoms with E-state index in [0.717, 1.165) is 44.8 Å². The minimum Gasteiger partial charge on any atom is -0.377 e. The number of anilines is 1. The molecular weight excluding hydrogens is 286 g/mol. The van der Waals surface area contributed by atoms with Gasteiger partial charge in [0.25, 0.3) is 0 Å². The van der Waals surface area contributed by atoms with Gasteiger partial charge in [-0.3, -0.25) is 0 Å². The van der Waals surface area contributed by atoms with Crippen molar-refractivity contribution in [2.75, 3.05) is 31.6 Å². The molecule has 1 saturated heterocycles. The fraction of sp³-hybridized carbons (Fsp3) is 0.667. The van der Waals surface area contributed by atoms with Crippen molar-refractivity contribution in [1.29, 1.82) is 0 Å². The number of ether oxygens (including phenoxy) is 1. The maximum atomic E-state index is 11.9. The molecule has 118 valence electrons. The van der Waals surface area contributed by atoms with E-state index in [-0.39, 0.29) is 12.1 Å². The highest BCUT2D eigenvalue weighted by Crippen LogP contribution is 2.13. The van der Waals surface area contributed by atoms with Crippen LogP contribution in [0.3, 0.4) is 0 Å². The first-order valence-electron chi connectivity index (χ1n) is 7.57. The number of nitrogens with one attached hydrogen (secondary N) is 2. The summed E-state index contributed by atoms with van der Waals surface area (Å²) in [6.07, 6.45) is 2.29. The van der Waals surface area contributed by atoms with E-state index >= 15 is 0 Å². The Morgan fingerprint density at radius 1 is 1.48 bits per heavy atom. The lowest BCUT2D eigenvalue weighted by atomic mass is 10.1. The van der Waals surface area contributed by atoms with Gasteiger partial charge in [0, 0.05) is 31.1 Å². The minimum absolute atomic E-state index is 0.102. The first-order chi connectivity index (χ1) is 10.1. The van der Waals surface area contributed by atoms with Crippen LogP contribution >= 0.6 is 11.3 Å². The molecule has 0 aromatic carbocycles. The third kappa shape index (κ3) is 6.03. The summed E-state index contributed by atoms with van der Waals surface area (Å²) in [6.45, 7) is 7.92. The number of amides is 2. The molecule has 2 rings (SSSR count). The number of thiophene rings is 1. The number of nitrogens with zero attached hydrogens (tertiary/aromatic N) is 1. The fourth-order valence-electron chi connectivity index (χ4n) is 2.41. The number of urea groups is 1. The molecule has 2 N–H and O–H groups in total. The quantitative estimate of drug-likeness (QED) is 0.849. The van der Waals surface area contributed by atoms with Crippen molar-refractivity contribution in [2.45, 2.75) is 38.8 Å². The molecule has 0 atom stereocenters. The standard InChI is InChI=1S/C15H25N3O2S/c1-12(2)20-9-8-18-6-3-13(4-7-18)16-15(19)17-14-5-10-21-11-14/h5,10-13H,3-4,6-9H2,1-2H3,(H2,16,17,19). The Morgan fingerprint density at radius 3 is 2.86 bits per heavy atom. The van der Waals surface area contributed by atoms with Gasteiger partial charge in [0.05, 0.1) is 18.4 Å². The van der Waals surface area contributed by atoms with Gasteiger partial charge in [-0.2, -0.15) is 11.3 Å². The van der Waals surface area contributed by atoms with Crippen LogP contribution in [0, 0.1) is 0 Å².